The van der Waals surface area contributed by atoms with Gasteiger partial charge in [0, 0.05) is 125 Å². The predicted octanol–water partition coefficient (Wildman–Crippen LogP) is 25.9. The minimum absolute atomic E-state index is 0.846. The van der Waals surface area contributed by atoms with E-state index in [1.807, 2.05) is 34.9 Å². The van der Waals surface area contributed by atoms with Gasteiger partial charge in [-0.15, -0.1) is 22.7 Å². The van der Waals surface area contributed by atoms with Crippen molar-refractivity contribution in [1.82, 2.24) is 14.1 Å². The van der Waals surface area contributed by atoms with Gasteiger partial charge in [-0.05, 0) is 185 Å². The Bertz CT molecular complexity index is 6510. The molecule has 0 aliphatic carbocycles. The van der Waals surface area contributed by atoms with Gasteiger partial charge in [0.25, 0.3) is 0 Å². The Morgan fingerprint density at radius 3 is 1.34 bits per heavy atom. The van der Waals surface area contributed by atoms with Crippen LogP contribution in [0.2, 0.25) is 0 Å². The number of para-hydroxylation sites is 4. The van der Waals surface area contributed by atoms with Gasteiger partial charge >= 0.3 is 0 Å². The summed E-state index contributed by atoms with van der Waals surface area (Å²) in [6, 6.07) is 119. The maximum absolute atomic E-state index is 6.87. The lowest BCUT2D eigenvalue weighted by molar-refractivity contribution is 0.669. The van der Waals surface area contributed by atoms with E-state index in [4.69, 9.17) is 9.40 Å². The van der Waals surface area contributed by atoms with E-state index in [0.717, 1.165) is 101 Å². The molecule has 0 N–H and O–H groups in total. The van der Waals surface area contributed by atoms with E-state index in [9.17, 15) is 0 Å². The molecule has 6 aromatic heterocycles. The van der Waals surface area contributed by atoms with Gasteiger partial charge in [0.15, 0.2) is 0 Å². The van der Waals surface area contributed by atoms with Crippen LogP contribution in [0.1, 0.15) is 0 Å². The Labute approximate surface area is 565 Å². The molecule has 0 fully saturated rings. The number of rotatable bonds is 11. The average molecular weight is 1270 g/mol. The Morgan fingerprint density at radius 1 is 0.247 bits per heavy atom. The summed E-state index contributed by atoms with van der Waals surface area (Å²) in [5.74, 6) is 0.853. The number of benzene rings is 14. The lowest BCUT2D eigenvalue weighted by Crippen LogP contribution is -2.11. The second kappa shape index (κ2) is 22.2. The fraction of sp³-hybridized carbons (Fsp3) is 0. The van der Waals surface area contributed by atoms with E-state index >= 15 is 0 Å². The van der Waals surface area contributed by atoms with E-state index in [2.05, 4.69) is 340 Å². The molecule has 0 saturated heterocycles. The van der Waals surface area contributed by atoms with Gasteiger partial charge in [-0.25, -0.2) is 4.98 Å². The van der Waals surface area contributed by atoms with Crippen molar-refractivity contribution in [1.29, 1.82) is 0 Å². The summed E-state index contributed by atoms with van der Waals surface area (Å²) in [5, 5.41) is 12.1. The molecular formula is C89H55N5OS2. The van der Waals surface area contributed by atoms with Crippen molar-refractivity contribution in [2.75, 3.05) is 9.80 Å². The Kier molecular flexibility index (Phi) is 12.6. The second-order valence-electron chi connectivity index (χ2n) is 25.1. The first kappa shape index (κ1) is 55.2. The highest BCUT2D eigenvalue weighted by molar-refractivity contribution is 7.26. The van der Waals surface area contributed by atoms with Gasteiger partial charge in [-0.2, -0.15) is 0 Å². The van der Waals surface area contributed by atoms with Crippen LogP contribution in [0.5, 0.6) is 0 Å². The summed E-state index contributed by atoms with van der Waals surface area (Å²) in [4.78, 5) is 9.54. The molecule has 0 bridgehead atoms. The standard InChI is InChI=1S/C89H55N5OS2/c1-4-16-62(17-5-1)91(67-37-44-76-74-23-11-13-25-85(74)96-87(76)54-67)66-36-43-73-72-41-31-60(51-83(72)95-84(73)53-66)58-30-40-71-78-48-57(33-46-80(78)94(82(71)49-58)64-20-8-3-9-21-64)56-27-34-65(35-28-56)92(89-26-14-15-47-90-89)68-38-45-77-75-42-32-61(52-86(75)97-88(77)55-68)59-29-39-70-69-22-10-12-24-79(69)93(81(70)50-59)63-18-6-2-7-19-63/h1-55H. The molecule has 0 aliphatic heterocycles. The summed E-state index contributed by atoms with van der Waals surface area (Å²) in [7, 11) is 0. The van der Waals surface area contributed by atoms with Crippen molar-refractivity contribution in [3.05, 3.63) is 334 Å². The predicted molar refractivity (Wildman–Crippen MR) is 412 cm³/mol. The topological polar surface area (TPSA) is 42.4 Å². The number of furan rings is 1. The Hall–Kier alpha value is -12.3. The molecule has 0 amide bonds. The molecule has 6 nitrogen and oxygen atoms in total. The zero-order chi connectivity index (χ0) is 63.7. The van der Waals surface area contributed by atoms with Crippen LogP contribution in [0.15, 0.2) is 338 Å². The van der Waals surface area contributed by atoms with Gasteiger partial charge < -0.3 is 18.5 Å². The molecule has 20 aromatic rings. The molecule has 14 aromatic carbocycles. The fourth-order valence-electron chi connectivity index (χ4n) is 15.0. The minimum atomic E-state index is 0.846. The SMILES string of the molecule is c1ccc(N(c2ccc3c(c2)oc2cc(-c4ccc5c6cc(-c7ccc(N(c8ccc9c(c8)sc8cc(-c%10ccc%11c%12ccccc%12n(-c%12ccccc%12)c%11c%10)ccc89)c8ccccn8)cc7)ccc6n(-c6ccccc6)c5c4)ccc23)c2ccc3c(c2)sc2ccccc23)cc1. The largest absolute Gasteiger partial charge is 0.456 e. The van der Waals surface area contributed by atoms with Crippen LogP contribution in [0.3, 0.4) is 0 Å². The molecule has 97 heavy (non-hydrogen) atoms. The highest BCUT2D eigenvalue weighted by Gasteiger charge is 2.22. The summed E-state index contributed by atoms with van der Waals surface area (Å²) in [6.45, 7) is 0. The van der Waals surface area contributed by atoms with Gasteiger partial charge in [0.1, 0.15) is 17.0 Å². The molecule has 6 heterocycles. The number of aromatic nitrogens is 3. The molecule has 0 radical (unpaired) electrons. The third-order valence-electron chi connectivity index (χ3n) is 19.5. The van der Waals surface area contributed by atoms with Crippen molar-refractivity contribution >= 4 is 163 Å². The first-order valence-corrected chi connectivity index (χ1v) is 34.4. The van der Waals surface area contributed by atoms with E-state index in [1.54, 1.807) is 0 Å². The number of hydrogen-bond acceptors (Lipinski definition) is 6. The Balaban J connectivity index is 0.622. The molecule has 8 heteroatoms. The molecular weight excluding hydrogens is 1220 g/mol. The highest BCUT2D eigenvalue weighted by Crippen LogP contribution is 2.47. The van der Waals surface area contributed by atoms with Crippen molar-refractivity contribution in [2.24, 2.45) is 0 Å². The van der Waals surface area contributed by atoms with E-state index in [1.165, 1.54) is 84.0 Å². The monoisotopic (exact) mass is 1270 g/mol. The first-order chi connectivity index (χ1) is 48.0. The molecule has 20 rings (SSSR count). The fourth-order valence-corrected chi connectivity index (χ4v) is 17.3. The highest BCUT2D eigenvalue weighted by atomic mass is 32.1. The number of pyridine rings is 1. The van der Waals surface area contributed by atoms with Crippen LogP contribution in [0.25, 0.3) is 151 Å². The summed E-state index contributed by atoms with van der Waals surface area (Å²) in [5.41, 5.74) is 20.8. The van der Waals surface area contributed by atoms with Gasteiger partial charge in [-0.3, -0.25) is 4.90 Å². The number of fused-ring (bicyclic) bond motifs is 15. The quantitative estimate of drug-likeness (QED) is 0.129. The minimum Gasteiger partial charge on any atom is -0.456 e. The first-order valence-electron chi connectivity index (χ1n) is 32.8. The van der Waals surface area contributed by atoms with Gasteiger partial charge in [0.05, 0.1) is 22.1 Å². The lowest BCUT2D eigenvalue weighted by Gasteiger charge is -2.25. The number of hydrogen-bond donors (Lipinski definition) is 0. The summed E-state index contributed by atoms with van der Waals surface area (Å²) >= 11 is 3.68. The van der Waals surface area contributed by atoms with Crippen LogP contribution in [0.4, 0.5) is 34.3 Å². The van der Waals surface area contributed by atoms with E-state index in [0.29, 0.717) is 0 Å². The maximum atomic E-state index is 6.87. The number of thiophene rings is 2. The maximum Gasteiger partial charge on any atom is 0.137 e. The van der Waals surface area contributed by atoms with Gasteiger partial charge in [0.2, 0.25) is 0 Å². The molecule has 454 valence electrons. The zero-order valence-electron chi connectivity index (χ0n) is 52.2. The van der Waals surface area contributed by atoms with Crippen molar-refractivity contribution < 1.29 is 4.42 Å². The molecule has 0 saturated carbocycles. The van der Waals surface area contributed by atoms with Gasteiger partial charge in [-0.1, -0.05) is 170 Å². The molecule has 0 unspecified atom stereocenters. The normalized spacial score (nSPS) is 11.9. The molecule has 0 aliphatic rings. The Morgan fingerprint density at radius 2 is 0.670 bits per heavy atom. The van der Waals surface area contributed by atoms with Crippen LogP contribution in [0, 0.1) is 0 Å². The zero-order valence-corrected chi connectivity index (χ0v) is 53.8. The summed E-state index contributed by atoms with van der Waals surface area (Å²) in [6.07, 6.45) is 1.88. The average Bonchev–Trinajstić information content (AvgIpc) is 1.60. The van der Waals surface area contributed by atoms with E-state index in [-0.39, 0.29) is 0 Å². The number of nitrogens with zero attached hydrogens (tertiary/aromatic N) is 5. The van der Waals surface area contributed by atoms with E-state index < -0.39 is 0 Å². The number of anilines is 6. The molecule has 0 spiro atoms. The van der Waals surface area contributed by atoms with Crippen LogP contribution >= 0.6 is 22.7 Å². The van der Waals surface area contributed by atoms with Crippen molar-refractivity contribution in [3.63, 3.8) is 0 Å². The van der Waals surface area contributed by atoms with Crippen LogP contribution in [-0.4, -0.2) is 14.1 Å². The second-order valence-corrected chi connectivity index (χ2v) is 27.2. The lowest BCUT2D eigenvalue weighted by atomic mass is 10.00. The third kappa shape index (κ3) is 9.10. The smallest absolute Gasteiger partial charge is 0.137 e. The van der Waals surface area contributed by atoms with Crippen LogP contribution < -0.4 is 9.80 Å². The third-order valence-corrected chi connectivity index (χ3v) is 21.8. The van der Waals surface area contributed by atoms with Crippen molar-refractivity contribution in [2.45, 2.75) is 0 Å². The van der Waals surface area contributed by atoms with Crippen molar-refractivity contribution in [3.8, 4) is 44.8 Å². The summed E-state index contributed by atoms with van der Waals surface area (Å²) < 4.78 is 16.7. The molecule has 0 atom stereocenters. The van der Waals surface area contributed by atoms with Crippen LogP contribution in [-0.2, 0) is 0 Å².